The number of carbonyl (C=O) groups excluding carboxylic acids is 1. The zero-order chi connectivity index (χ0) is 25.3. The van der Waals surface area contributed by atoms with E-state index in [0.717, 1.165) is 12.0 Å². The first-order valence-corrected chi connectivity index (χ1v) is 13.7. The third-order valence-electron chi connectivity index (χ3n) is 7.12. The van der Waals surface area contributed by atoms with Crippen molar-refractivity contribution in [2.45, 2.75) is 73.7 Å². The summed E-state index contributed by atoms with van der Waals surface area (Å²) >= 11 is 7.63. The van der Waals surface area contributed by atoms with E-state index in [0.29, 0.717) is 13.2 Å². The standard InChI is InChI=1S/C25H35ClN2O6S/c1-12-4-6-14(7-5-12)15-8-9-33-22-16(10-15)11-27-18(22)24(32)28-17(13(2)26)23-20(30)19(29)21(31)25(34-23)35-3/h4-7,10,13,16-23,25,27,29-31H,8-9,11H2,1-3H3,(H,28,32)/t13-,16-,17+,18-,19?,20?,21+,22+,23+,25?/m0/s1. The van der Waals surface area contributed by atoms with Crippen LogP contribution in [-0.2, 0) is 14.3 Å². The maximum absolute atomic E-state index is 13.4. The minimum atomic E-state index is -1.41. The zero-order valence-electron chi connectivity index (χ0n) is 20.1. The average molecular weight is 527 g/mol. The monoisotopic (exact) mass is 526 g/mol. The van der Waals surface area contributed by atoms with Gasteiger partial charge in [-0.25, -0.2) is 0 Å². The smallest absolute Gasteiger partial charge is 0.240 e. The maximum atomic E-state index is 13.4. The van der Waals surface area contributed by atoms with Crippen LogP contribution in [0.25, 0.3) is 5.57 Å². The quantitative estimate of drug-likeness (QED) is 0.349. The molecule has 10 heteroatoms. The molecular formula is C25H35ClN2O6S. The van der Waals surface area contributed by atoms with Gasteiger partial charge in [0.15, 0.2) is 0 Å². The molecule has 3 aliphatic heterocycles. The Bertz CT molecular complexity index is 914. The van der Waals surface area contributed by atoms with Gasteiger partial charge in [-0.05, 0) is 37.7 Å². The Kier molecular flexibility index (Phi) is 8.82. The highest BCUT2D eigenvalue weighted by Gasteiger charge is 2.49. The summed E-state index contributed by atoms with van der Waals surface area (Å²) in [7, 11) is 0. The molecule has 35 heavy (non-hydrogen) atoms. The number of amides is 1. The molecule has 1 aromatic rings. The van der Waals surface area contributed by atoms with Crippen LogP contribution in [0.3, 0.4) is 0 Å². The number of halogens is 1. The van der Waals surface area contributed by atoms with Crippen molar-refractivity contribution in [1.82, 2.24) is 10.6 Å². The van der Waals surface area contributed by atoms with E-state index in [1.807, 2.05) is 0 Å². The minimum absolute atomic E-state index is 0.0331. The molecular weight excluding hydrogens is 492 g/mol. The highest BCUT2D eigenvalue weighted by molar-refractivity contribution is 7.99. The number of hydrogen-bond acceptors (Lipinski definition) is 8. The zero-order valence-corrected chi connectivity index (χ0v) is 21.7. The number of aliphatic hydroxyl groups excluding tert-OH is 3. The van der Waals surface area contributed by atoms with Gasteiger partial charge in [0.25, 0.3) is 0 Å². The number of carbonyl (C=O) groups is 1. The van der Waals surface area contributed by atoms with Crippen molar-refractivity contribution < 1.29 is 29.6 Å². The molecule has 0 saturated carbocycles. The number of alkyl halides is 1. The van der Waals surface area contributed by atoms with Crippen molar-refractivity contribution in [3.8, 4) is 0 Å². The van der Waals surface area contributed by atoms with Crippen LogP contribution < -0.4 is 10.6 Å². The summed E-state index contributed by atoms with van der Waals surface area (Å²) in [5.41, 5.74) is 2.83. The second-order valence-electron chi connectivity index (χ2n) is 9.58. The first-order chi connectivity index (χ1) is 16.7. The molecule has 3 aliphatic rings. The molecule has 2 saturated heterocycles. The van der Waals surface area contributed by atoms with Crippen molar-refractivity contribution in [3.63, 3.8) is 0 Å². The molecule has 4 rings (SSSR count). The van der Waals surface area contributed by atoms with Crippen LogP contribution >= 0.6 is 23.4 Å². The molecule has 8 nitrogen and oxygen atoms in total. The Morgan fingerprint density at radius 2 is 1.91 bits per heavy atom. The molecule has 5 N–H and O–H groups in total. The summed E-state index contributed by atoms with van der Waals surface area (Å²) in [5, 5.41) is 36.7. The number of thioether (sulfide) groups is 1. The largest absolute Gasteiger partial charge is 0.388 e. The average Bonchev–Trinajstić information content (AvgIpc) is 3.12. The summed E-state index contributed by atoms with van der Waals surface area (Å²) in [6.45, 7) is 4.86. The Labute approximate surface area is 215 Å². The lowest BCUT2D eigenvalue weighted by Gasteiger charge is -2.44. The van der Waals surface area contributed by atoms with Crippen LogP contribution in [-0.4, -0.2) is 94.1 Å². The summed E-state index contributed by atoms with van der Waals surface area (Å²) in [5.74, 6) is -0.273. The van der Waals surface area contributed by atoms with E-state index < -0.39 is 47.3 Å². The molecule has 0 spiro atoms. The van der Waals surface area contributed by atoms with Crippen LogP contribution in [0.15, 0.2) is 30.3 Å². The van der Waals surface area contributed by atoms with E-state index in [4.69, 9.17) is 21.1 Å². The molecule has 0 radical (unpaired) electrons. The van der Waals surface area contributed by atoms with Gasteiger partial charge in [0.1, 0.15) is 35.9 Å². The highest BCUT2D eigenvalue weighted by atomic mass is 35.5. The van der Waals surface area contributed by atoms with Crippen LogP contribution in [0.5, 0.6) is 0 Å². The van der Waals surface area contributed by atoms with E-state index in [9.17, 15) is 20.1 Å². The second kappa shape index (κ2) is 11.5. The van der Waals surface area contributed by atoms with Crippen molar-refractivity contribution in [2.24, 2.45) is 5.92 Å². The first kappa shape index (κ1) is 26.9. The van der Waals surface area contributed by atoms with Crippen LogP contribution in [0.1, 0.15) is 24.5 Å². The first-order valence-electron chi connectivity index (χ1n) is 12.0. The number of nitrogens with one attached hydrogen (secondary N) is 2. The second-order valence-corrected chi connectivity index (χ2v) is 11.2. The number of aliphatic hydroxyl groups is 3. The van der Waals surface area contributed by atoms with Crippen molar-refractivity contribution in [3.05, 3.63) is 41.5 Å². The topological polar surface area (TPSA) is 120 Å². The molecule has 3 heterocycles. The van der Waals surface area contributed by atoms with Gasteiger partial charge in [-0.1, -0.05) is 35.9 Å². The molecule has 2 fully saturated rings. The number of benzene rings is 1. The minimum Gasteiger partial charge on any atom is -0.388 e. The van der Waals surface area contributed by atoms with E-state index in [2.05, 4.69) is 47.9 Å². The van der Waals surface area contributed by atoms with Gasteiger partial charge in [0.2, 0.25) is 5.91 Å². The lowest BCUT2D eigenvalue weighted by molar-refractivity contribution is -0.205. The van der Waals surface area contributed by atoms with Crippen LogP contribution in [0.2, 0.25) is 0 Å². The third kappa shape index (κ3) is 5.72. The lowest BCUT2D eigenvalue weighted by Crippen LogP contribution is -2.65. The Balaban J connectivity index is 1.47. The van der Waals surface area contributed by atoms with Crippen LogP contribution in [0.4, 0.5) is 0 Å². The number of aryl methyl sites for hydroxylation is 1. The molecule has 3 unspecified atom stereocenters. The van der Waals surface area contributed by atoms with E-state index in [-0.39, 0.29) is 17.9 Å². The molecule has 10 atom stereocenters. The van der Waals surface area contributed by atoms with Gasteiger partial charge in [0.05, 0.1) is 24.1 Å². The molecule has 0 aliphatic carbocycles. The fourth-order valence-corrected chi connectivity index (χ4v) is 5.98. The van der Waals surface area contributed by atoms with E-state index >= 15 is 0 Å². The summed E-state index contributed by atoms with van der Waals surface area (Å²) in [6.07, 6.45) is -0.677. The normalized spacial score (nSPS) is 37.1. The Morgan fingerprint density at radius 1 is 1.20 bits per heavy atom. The van der Waals surface area contributed by atoms with Crippen LogP contribution in [0, 0.1) is 12.8 Å². The van der Waals surface area contributed by atoms with Crippen molar-refractivity contribution in [2.75, 3.05) is 19.4 Å². The molecule has 1 aromatic carbocycles. The molecule has 0 aromatic heterocycles. The van der Waals surface area contributed by atoms with E-state index in [1.165, 1.54) is 22.9 Å². The third-order valence-corrected chi connectivity index (χ3v) is 8.25. The fourth-order valence-electron chi connectivity index (χ4n) is 5.09. The number of ether oxygens (including phenoxy) is 2. The molecule has 0 bridgehead atoms. The van der Waals surface area contributed by atoms with Crippen molar-refractivity contribution in [1.29, 1.82) is 0 Å². The summed E-state index contributed by atoms with van der Waals surface area (Å²) in [4.78, 5) is 13.4. The Morgan fingerprint density at radius 3 is 2.57 bits per heavy atom. The van der Waals surface area contributed by atoms with Crippen molar-refractivity contribution >= 4 is 34.8 Å². The lowest BCUT2D eigenvalue weighted by atomic mass is 9.92. The van der Waals surface area contributed by atoms with Gasteiger partial charge in [-0.2, -0.15) is 0 Å². The summed E-state index contributed by atoms with van der Waals surface area (Å²) < 4.78 is 12.0. The maximum Gasteiger partial charge on any atom is 0.240 e. The Hall–Kier alpha value is -1.17. The predicted octanol–water partition coefficient (Wildman–Crippen LogP) is 1.04. The number of fused-ring (bicyclic) bond motifs is 1. The number of hydrogen-bond donors (Lipinski definition) is 5. The number of rotatable bonds is 6. The predicted molar refractivity (Wildman–Crippen MR) is 136 cm³/mol. The highest BCUT2D eigenvalue weighted by Crippen LogP contribution is 2.32. The summed E-state index contributed by atoms with van der Waals surface area (Å²) in [6, 6.07) is 7.03. The van der Waals surface area contributed by atoms with Gasteiger partial charge >= 0.3 is 0 Å². The molecule has 1 amide bonds. The SMILES string of the molecule is CSC1O[C@H]([C@H](NC(=O)[C@H]2NC[C@@H]3C=C(c4ccc(C)cc4)CCO[C@@H]23)[C@H](C)Cl)C(O)C(O)[C@H]1O. The van der Waals surface area contributed by atoms with Gasteiger partial charge in [-0.3, -0.25) is 4.79 Å². The van der Waals surface area contributed by atoms with Gasteiger partial charge in [-0.15, -0.1) is 23.4 Å². The fraction of sp³-hybridized carbons (Fsp3) is 0.640. The van der Waals surface area contributed by atoms with Gasteiger partial charge in [0, 0.05) is 12.5 Å². The van der Waals surface area contributed by atoms with Gasteiger partial charge < -0.3 is 35.4 Å². The van der Waals surface area contributed by atoms with E-state index in [1.54, 1.807) is 13.2 Å². The molecule has 194 valence electrons.